The molecule has 0 N–H and O–H groups in total. The van der Waals surface area contributed by atoms with E-state index >= 15 is 0 Å². The number of carbonyl (C=O) groups excluding carboxylic acids is 1. The number of rotatable bonds is 4. The molecule has 0 aliphatic heterocycles. The first-order chi connectivity index (χ1) is 7.70. The molecule has 0 radical (unpaired) electrons. The molecule has 1 rings (SSSR count). The number of ketones is 1. The van der Waals surface area contributed by atoms with Gasteiger partial charge in [0.25, 0.3) is 0 Å². The molecule has 5 heteroatoms. The van der Waals surface area contributed by atoms with Crippen molar-refractivity contribution >= 4 is 29.1 Å². The number of aromatic nitrogens is 2. The van der Waals surface area contributed by atoms with E-state index in [9.17, 15) is 4.79 Å². The Morgan fingerprint density at radius 3 is 2.47 bits per heavy atom. The monoisotopic (exact) mass is 274 g/mol. The Labute approximate surface area is 112 Å². The Morgan fingerprint density at radius 1 is 1.47 bits per heavy atom. The van der Waals surface area contributed by atoms with Crippen molar-refractivity contribution < 1.29 is 4.79 Å². The van der Waals surface area contributed by atoms with E-state index in [1.807, 2.05) is 6.92 Å². The van der Waals surface area contributed by atoms with Crippen molar-refractivity contribution in [2.75, 3.05) is 5.75 Å². The molecular weight excluding hydrogens is 256 g/mol. The van der Waals surface area contributed by atoms with E-state index in [0.717, 1.165) is 11.3 Å². The van der Waals surface area contributed by atoms with Gasteiger partial charge < -0.3 is 0 Å². The van der Waals surface area contributed by atoms with Crippen LogP contribution < -0.4 is 0 Å². The summed E-state index contributed by atoms with van der Waals surface area (Å²) in [6.07, 6.45) is 0.377. The molecule has 0 bridgehead atoms. The van der Waals surface area contributed by atoms with E-state index in [4.69, 9.17) is 11.6 Å². The van der Waals surface area contributed by atoms with Crippen LogP contribution in [0.25, 0.3) is 0 Å². The number of hydrogen-bond donors (Lipinski definition) is 0. The number of halogens is 1. The summed E-state index contributed by atoms with van der Waals surface area (Å²) in [5.74, 6) is 0.719. The van der Waals surface area contributed by atoms with Gasteiger partial charge in [0.2, 0.25) is 0 Å². The second-order valence-electron chi connectivity index (χ2n) is 5.09. The lowest BCUT2D eigenvalue weighted by molar-refractivity contribution is -0.116. The summed E-state index contributed by atoms with van der Waals surface area (Å²) in [4.78, 5) is 11.9. The van der Waals surface area contributed by atoms with Crippen molar-refractivity contribution in [1.82, 2.24) is 9.78 Å². The Kier molecular flexibility index (Phi) is 4.67. The lowest BCUT2D eigenvalue weighted by Gasteiger charge is -2.16. The van der Waals surface area contributed by atoms with Gasteiger partial charge >= 0.3 is 0 Å². The van der Waals surface area contributed by atoms with E-state index in [0.29, 0.717) is 17.3 Å². The largest absolute Gasteiger partial charge is 0.298 e. The molecule has 1 aromatic rings. The van der Waals surface area contributed by atoms with Gasteiger partial charge in [-0.1, -0.05) is 32.4 Å². The van der Waals surface area contributed by atoms with Crippen molar-refractivity contribution in [2.24, 2.45) is 7.05 Å². The van der Waals surface area contributed by atoms with Crippen molar-refractivity contribution in [2.45, 2.75) is 38.9 Å². The normalized spacial score (nSPS) is 11.9. The topological polar surface area (TPSA) is 34.9 Å². The van der Waals surface area contributed by atoms with Gasteiger partial charge in [0, 0.05) is 23.8 Å². The van der Waals surface area contributed by atoms with Crippen LogP contribution in [0, 0.1) is 6.92 Å². The Morgan fingerprint density at radius 2 is 2.06 bits per heavy atom. The van der Waals surface area contributed by atoms with E-state index < -0.39 is 0 Å². The predicted octanol–water partition coefficient (Wildman–Crippen LogP) is 3.03. The van der Waals surface area contributed by atoms with Crippen LogP contribution in [-0.2, 0) is 18.3 Å². The van der Waals surface area contributed by atoms with Crippen LogP contribution in [-0.4, -0.2) is 26.1 Å². The fourth-order valence-corrected chi connectivity index (χ4v) is 2.36. The maximum Gasteiger partial charge on any atom is 0.147 e. The summed E-state index contributed by atoms with van der Waals surface area (Å²) < 4.78 is 1.72. The molecule has 0 amide bonds. The van der Waals surface area contributed by atoms with Crippen LogP contribution >= 0.6 is 23.4 Å². The molecule has 0 spiro atoms. The quantitative estimate of drug-likeness (QED) is 0.847. The van der Waals surface area contributed by atoms with Crippen LogP contribution in [0.15, 0.2) is 0 Å². The highest BCUT2D eigenvalue weighted by atomic mass is 35.5. The highest BCUT2D eigenvalue weighted by molar-refractivity contribution is 8.01. The average Bonchev–Trinajstić information content (AvgIpc) is 2.41. The summed E-state index contributed by atoms with van der Waals surface area (Å²) in [6, 6.07) is 0. The molecule has 0 fully saturated rings. The molecule has 3 nitrogen and oxygen atoms in total. The number of carbonyl (C=O) groups is 1. The minimum absolute atomic E-state index is 0.115. The summed E-state index contributed by atoms with van der Waals surface area (Å²) in [6.45, 7) is 8.19. The minimum Gasteiger partial charge on any atom is -0.298 e. The van der Waals surface area contributed by atoms with Crippen LogP contribution in [0.3, 0.4) is 0 Å². The zero-order chi connectivity index (χ0) is 13.2. The third-order valence-electron chi connectivity index (χ3n) is 2.31. The molecule has 0 aliphatic rings. The van der Waals surface area contributed by atoms with Crippen LogP contribution in [0.2, 0.25) is 5.15 Å². The lowest BCUT2D eigenvalue weighted by Crippen LogP contribution is -2.14. The van der Waals surface area contributed by atoms with Gasteiger partial charge in [0.15, 0.2) is 0 Å². The smallest absolute Gasteiger partial charge is 0.147 e. The van der Waals surface area contributed by atoms with E-state index in [1.165, 1.54) is 0 Å². The molecule has 1 aromatic heterocycles. The van der Waals surface area contributed by atoms with Crippen molar-refractivity contribution in [3.63, 3.8) is 0 Å². The van der Waals surface area contributed by atoms with Crippen LogP contribution in [0.4, 0.5) is 0 Å². The maximum absolute atomic E-state index is 11.9. The van der Waals surface area contributed by atoms with Gasteiger partial charge in [0.1, 0.15) is 10.9 Å². The van der Waals surface area contributed by atoms with Crippen molar-refractivity contribution in [3.8, 4) is 0 Å². The molecule has 0 aliphatic carbocycles. The number of Topliss-reactive ketones (excluding diaryl/α,β-unsaturated/α-hetero) is 1. The maximum atomic E-state index is 11.9. The zero-order valence-corrected chi connectivity index (χ0v) is 12.6. The first-order valence-corrected chi connectivity index (χ1v) is 6.90. The first kappa shape index (κ1) is 14.6. The van der Waals surface area contributed by atoms with Gasteiger partial charge in [-0.2, -0.15) is 5.10 Å². The molecule has 0 atom stereocenters. The molecular formula is C12H19ClN2OS. The van der Waals surface area contributed by atoms with Gasteiger partial charge in [-0.05, 0) is 6.92 Å². The highest BCUT2D eigenvalue weighted by Gasteiger charge is 2.17. The Balaban J connectivity index is 2.63. The number of hydrogen-bond acceptors (Lipinski definition) is 3. The summed E-state index contributed by atoms with van der Waals surface area (Å²) in [7, 11) is 1.78. The van der Waals surface area contributed by atoms with E-state index in [-0.39, 0.29) is 10.5 Å². The second-order valence-corrected chi connectivity index (χ2v) is 7.25. The first-order valence-electron chi connectivity index (χ1n) is 5.54. The van der Waals surface area contributed by atoms with Gasteiger partial charge in [-0.25, -0.2) is 0 Å². The summed E-state index contributed by atoms with van der Waals surface area (Å²) in [5, 5.41) is 4.76. The van der Waals surface area contributed by atoms with E-state index in [1.54, 1.807) is 23.5 Å². The third kappa shape index (κ3) is 4.36. The average molecular weight is 275 g/mol. The molecule has 0 saturated heterocycles. The molecule has 17 heavy (non-hydrogen) atoms. The zero-order valence-electron chi connectivity index (χ0n) is 11.0. The third-order valence-corrected chi connectivity index (χ3v) is 4.12. The molecule has 0 aromatic carbocycles. The summed E-state index contributed by atoms with van der Waals surface area (Å²) in [5.41, 5.74) is 1.69. The molecule has 1 heterocycles. The molecule has 0 saturated carbocycles. The Hall–Kier alpha value is -0.480. The number of nitrogens with zero attached hydrogens (tertiary/aromatic N) is 2. The van der Waals surface area contributed by atoms with Crippen LogP contribution in [0.5, 0.6) is 0 Å². The van der Waals surface area contributed by atoms with Gasteiger partial charge in [-0.3, -0.25) is 9.48 Å². The predicted molar refractivity (Wildman–Crippen MR) is 73.9 cm³/mol. The molecule has 96 valence electrons. The van der Waals surface area contributed by atoms with Crippen molar-refractivity contribution in [1.29, 1.82) is 0 Å². The second kappa shape index (κ2) is 5.44. The van der Waals surface area contributed by atoms with E-state index in [2.05, 4.69) is 25.9 Å². The minimum atomic E-state index is 0.115. The van der Waals surface area contributed by atoms with Gasteiger partial charge in [0.05, 0.1) is 11.4 Å². The SMILES string of the molecule is Cc1nn(C)c(Cl)c1CC(=O)CSC(C)(C)C. The molecule has 0 unspecified atom stereocenters. The van der Waals surface area contributed by atoms with Gasteiger partial charge in [-0.15, -0.1) is 11.8 Å². The van der Waals surface area contributed by atoms with Crippen LogP contribution in [0.1, 0.15) is 32.0 Å². The number of aryl methyl sites for hydroxylation is 2. The Bertz CT molecular complexity index is 421. The number of thioether (sulfide) groups is 1. The summed E-state index contributed by atoms with van der Waals surface area (Å²) >= 11 is 7.75. The fourth-order valence-electron chi connectivity index (χ4n) is 1.42. The standard InChI is InChI=1S/C12H19ClN2OS/c1-8-10(11(13)15(5)14-8)6-9(16)7-17-12(2,3)4/h6-7H2,1-5H3. The fraction of sp³-hybridized carbons (Fsp3) is 0.667. The van der Waals surface area contributed by atoms with Crippen molar-refractivity contribution in [3.05, 3.63) is 16.4 Å². The lowest BCUT2D eigenvalue weighted by atomic mass is 10.1. The highest BCUT2D eigenvalue weighted by Crippen LogP contribution is 2.24.